The normalized spacial score (nSPS) is 50.5. The summed E-state index contributed by atoms with van der Waals surface area (Å²) in [7, 11) is 1.46. The fourth-order valence-corrected chi connectivity index (χ4v) is 7.49. The molecule has 1 aromatic carbocycles. The monoisotopic (exact) mass is 352 g/mol. The van der Waals surface area contributed by atoms with Crippen LogP contribution in [0.5, 0.6) is 0 Å². The molecule has 5 nitrogen and oxygen atoms in total. The molecule has 6 aliphatic rings. The van der Waals surface area contributed by atoms with Crippen LogP contribution >= 0.6 is 0 Å². The number of carbonyl (C=O) groups is 1. The molecule has 26 heavy (non-hydrogen) atoms. The molecule has 4 saturated heterocycles. The molecule has 8 atom stereocenters. The van der Waals surface area contributed by atoms with E-state index in [0.29, 0.717) is 6.04 Å². The lowest BCUT2D eigenvalue weighted by Gasteiger charge is -2.60. The summed E-state index contributed by atoms with van der Waals surface area (Å²) in [5.74, 6) is -0.154. The number of hydrogen-bond donors (Lipinski definition) is 2. The number of ether oxygens (including phenoxy) is 1. The van der Waals surface area contributed by atoms with Crippen molar-refractivity contribution in [2.24, 2.45) is 11.3 Å². The fourth-order valence-electron chi connectivity index (χ4n) is 7.49. The van der Waals surface area contributed by atoms with Gasteiger partial charge in [-0.3, -0.25) is 9.69 Å². The number of para-hydroxylation sites is 1. The molecular formula is C21H24N2O3. The number of aliphatic hydroxyl groups is 1. The summed E-state index contributed by atoms with van der Waals surface area (Å²) >= 11 is 0. The first-order chi connectivity index (χ1) is 12.6. The van der Waals surface area contributed by atoms with E-state index in [0.717, 1.165) is 25.1 Å². The molecule has 5 bridgehead atoms. The maximum atomic E-state index is 13.2. The van der Waals surface area contributed by atoms with Crippen molar-refractivity contribution in [1.82, 2.24) is 4.90 Å². The van der Waals surface area contributed by atoms with Crippen molar-refractivity contribution in [1.29, 1.82) is 0 Å². The van der Waals surface area contributed by atoms with Crippen LogP contribution in [-0.4, -0.2) is 53.9 Å². The molecule has 5 aliphatic heterocycles. The lowest BCUT2D eigenvalue weighted by atomic mass is 9.58. The first-order valence-electron chi connectivity index (χ1n) is 9.64. The lowest BCUT2D eigenvalue weighted by Crippen LogP contribution is -2.71. The molecule has 0 radical (unpaired) electrons. The van der Waals surface area contributed by atoms with E-state index in [1.54, 1.807) is 0 Å². The highest BCUT2D eigenvalue weighted by Crippen LogP contribution is 2.71. The van der Waals surface area contributed by atoms with Gasteiger partial charge >= 0.3 is 5.97 Å². The maximum Gasteiger partial charge on any atom is 0.316 e. The quantitative estimate of drug-likeness (QED) is 0.595. The molecule has 1 unspecified atom stereocenters. The Morgan fingerprint density at radius 3 is 3.00 bits per heavy atom. The average molecular weight is 352 g/mol. The first-order valence-corrected chi connectivity index (χ1v) is 9.64. The Balaban J connectivity index is 1.65. The van der Waals surface area contributed by atoms with Crippen molar-refractivity contribution in [3.05, 3.63) is 41.5 Å². The highest BCUT2D eigenvalue weighted by Gasteiger charge is 2.82. The number of piperidine rings is 4. The van der Waals surface area contributed by atoms with Crippen LogP contribution in [0.4, 0.5) is 5.69 Å². The van der Waals surface area contributed by atoms with Crippen molar-refractivity contribution < 1.29 is 14.6 Å². The van der Waals surface area contributed by atoms with E-state index in [4.69, 9.17) is 4.74 Å². The van der Waals surface area contributed by atoms with Crippen LogP contribution in [0.25, 0.3) is 0 Å². The Labute approximate surface area is 153 Å². The standard InChI is InChI=1S/C21H24N2O3/c1-3-11-10-23-15-8-13(11)21(19(25)26-2)16(23)9-20(18(21)24)12-6-4-5-7-14(12)22-17(15)20/h3-7,13,15-18,22,24H,8-10H2,1-2H3/t13-,15+,16-,17+,18-,20-,21-/m0/s1. The van der Waals surface area contributed by atoms with Gasteiger partial charge in [-0.2, -0.15) is 0 Å². The van der Waals surface area contributed by atoms with Gasteiger partial charge in [0.25, 0.3) is 0 Å². The SMILES string of the molecule is CC=C1CN2[C@@H]3C[C@@H]1[C@]1(C(=O)OC)[C@@H]2C[C@@]2(c4ccccc4N[C@H]32)[C@@H]1O. The third kappa shape index (κ3) is 1.28. The highest BCUT2D eigenvalue weighted by molar-refractivity contribution is 5.84. The summed E-state index contributed by atoms with van der Waals surface area (Å²) in [6, 6.07) is 8.89. The predicted molar refractivity (Wildman–Crippen MR) is 96.7 cm³/mol. The summed E-state index contributed by atoms with van der Waals surface area (Å²) in [5.41, 5.74) is 2.34. The molecular weight excluding hydrogens is 328 g/mol. The molecule has 1 aliphatic carbocycles. The number of benzene rings is 1. The third-order valence-electron chi connectivity index (χ3n) is 8.30. The van der Waals surface area contributed by atoms with Crippen LogP contribution in [0.1, 0.15) is 25.3 Å². The Morgan fingerprint density at radius 2 is 2.23 bits per heavy atom. The number of methoxy groups -OCH3 is 1. The molecule has 0 aromatic heterocycles. The molecule has 5 heteroatoms. The molecule has 1 spiro atoms. The highest BCUT2D eigenvalue weighted by atomic mass is 16.5. The molecule has 2 N–H and O–H groups in total. The number of nitrogens with zero attached hydrogens (tertiary/aromatic N) is 1. The van der Waals surface area contributed by atoms with Gasteiger partial charge in [0.1, 0.15) is 5.41 Å². The van der Waals surface area contributed by atoms with E-state index < -0.39 is 16.9 Å². The van der Waals surface area contributed by atoms with Gasteiger partial charge in [-0.1, -0.05) is 29.8 Å². The van der Waals surface area contributed by atoms with E-state index in [-0.39, 0.29) is 24.0 Å². The Morgan fingerprint density at radius 1 is 1.42 bits per heavy atom. The number of anilines is 1. The van der Waals surface area contributed by atoms with Crippen molar-refractivity contribution in [3.8, 4) is 0 Å². The van der Waals surface area contributed by atoms with Gasteiger partial charge in [0, 0.05) is 35.6 Å². The van der Waals surface area contributed by atoms with Crippen molar-refractivity contribution in [2.75, 3.05) is 19.0 Å². The van der Waals surface area contributed by atoms with Crippen molar-refractivity contribution in [3.63, 3.8) is 0 Å². The minimum atomic E-state index is -0.848. The fraction of sp³-hybridized carbons (Fsp3) is 0.571. The number of carbonyl (C=O) groups excluding carboxylic acids is 1. The number of allylic oxidation sites excluding steroid dienone is 1. The summed E-state index contributed by atoms with van der Waals surface area (Å²) in [4.78, 5) is 15.7. The van der Waals surface area contributed by atoms with E-state index in [9.17, 15) is 9.90 Å². The zero-order chi connectivity index (χ0) is 17.8. The first kappa shape index (κ1) is 15.2. The van der Waals surface area contributed by atoms with Gasteiger partial charge in [-0.05, 0) is 31.4 Å². The minimum Gasteiger partial charge on any atom is -0.468 e. The number of rotatable bonds is 1. The molecule has 0 amide bonds. The van der Waals surface area contributed by atoms with Gasteiger partial charge in [0.2, 0.25) is 0 Å². The molecule has 1 saturated carbocycles. The summed E-state index contributed by atoms with van der Waals surface area (Å²) in [5, 5.41) is 15.6. The number of aliphatic hydroxyl groups excluding tert-OH is 1. The van der Waals surface area contributed by atoms with Crippen LogP contribution in [0.3, 0.4) is 0 Å². The Hall–Kier alpha value is -1.85. The maximum absolute atomic E-state index is 13.2. The third-order valence-corrected chi connectivity index (χ3v) is 8.30. The van der Waals surface area contributed by atoms with E-state index >= 15 is 0 Å². The second kappa shape index (κ2) is 4.52. The zero-order valence-electron chi connectivity index (χ0n) is 15.1. The van der Waals surface area contributed by atoms with Crippen molar-refractivity contribution >= 4 is 11.7 Å². The van der Waals surface area contributed by atoms with Crippen LogP contribution < -0.4 is 5.32 Å². The molecule has 1 aromatic rings. The second-order valence-corrected chi connectivity index (χ2v) is 8.65. The molecule has 7 rings (SSSR count). The number of nitrogens with one attached hydrogen (secondary N) is 1. The minimum absolute atomic E-state index is 0.0570. The molecule has 5 heterocycles. The van der Waals surface area contributed by atoms with Gasteiger partial charge in [0.15, 0.2) is 0 Å². The zero-order valence-corrected chi connectivity index (χ0v) is 15.1. The van der Waals surface area contributed by atoms with Crippen LogP contribution in [-0.2, 0) is 14.9 Å². The van der Waals surface area contributed by atoms with E-state index in [1.165, 1.54) is 18.2 Å². The number of fused-ring (bicyclic) bond motifs is 2. The number of esters is 1. The van der Waals surface area contributed by atoms with Crippen LogP contribution in [0.15, 0.2) is 35.9 Å². The topological polar surface area (TPSA) is 61.8 Å². The van der Waals surface area contributed by atoms with Gasteiger partial charge in [-0.15, -0.1) is 0 Å². The average Bonchev–Trinajstić information content (AvgIpc) is 3.13. The second-order valence-electron chi connectivity index (χ2n) is 8.65. The summed E-state index contributed by atoms with van der Waals surface area (Å²) < 4.78 is 5.34. The van der Waals surface area contributed by atoms with Crippen molar-refractivity contribution in [2.45, 2.75) is 49.4 Å². The molecule has 5 fully saturated rings. The smallest absolute Gasteiger partial charge is 0.316 e. The molecule has 136 valence electrons. The summed E-state index contributed by atoms with van der Waals surface area (Å²) in [6.45, 7) is 2.96. The van der Waals surface area contributed by atoms with E-state index in [1.807, 2.05) is 12.1 Å². The van der Waals surface area contributed by atoms with Crippen LogP contribution in [0, 0.1) is 11.3 Å². The predicted octanol–water partition coefficient (Wildman–Crippen LogP) is 1.68. The Bertz CT molecular complexity index is 867. The van der Waals surface area contributed by atoms with Crippen LogP contribution in [0.2, 0.25) is 0 Å². The largest absolute Gasteiger partial charge is 0.468 e. The van der Waals surface area contributed by atoms with Gasteiger partial charge < -0.3 is 15.2 Å². The van der Waals surface area contributed by atoms with E-state index in [2.05, 4.69) is 35.3 Å². The lowest BCUT2D eigenvalue weighted by molar-refractivity contribution is -0.179. The van der Waals surface area contributed by atoms with Gasteiger partial charge in [-0.25, -0.2) is 0 Å². The summed E-state index contributed by atoms with van der Waals surface area (Å²) in [6.07, 6.45) is 3.15. The van der Waals surface area contributed by atoms with Gasteiger partial charge in [0.05, 0.1) is 19.3 Å². The number of hydrogen-bond acceptors (Lipinski definition) is 5. The Kier molecular flexibility index (Phi) is 2.65.